The van der Waals surface area contributed by atoms with Crippen LogP contribution in [0.5, 0.6) is 11.5 Å². The Balaban J connectivity index is 1.88. The van der Waals surface area contributed by atoms with Crippen molar-refractivity contribution in [2.45, 2.75) is 0 Å². The van der Waals surface area contributed by atoms with Gasteiger partial charge in [-0.05, 0) is 36.4 Å². The van der Waals surface area contributed by atoms with Crippen molar-refractivity contribution < 1.29 is 24.4 Å². The third kappa shape index (κ3) is 3.38. The fourth-order valence-corrected chi connectivity index (χ4v) is 2.41. The summed E-state index contributed by atoms with van der Waals surface area (Å²) < 4.78 is 5.02. The lowest BCUT2D eigenvalue weighted by molar-refractivity contribution is -0.384. The molecule has 9 heteroatoms. The maximum Gasteiger partial charge on any atom is 0.269 e. The van der Waals surface area contributed by atoms with E-state index in [1.165, 1.54) is 43.5 Å². The summed E-state index contributed by atoms with van der Waals surface area (Å²) in [6.45, 7) is 0. The zero-order valence-electron chi connectivity index (χ0n) is 14.0. The molecule has 0 saturated carbocycles. The third-order valence-corrected chi connectivity index (χ3v) is 3.88. The highest BCUT2D eigenvalue weighted by Crippen LogP contribution is 2.26. The molecule has 2 N–H and O–H groups in total. The topological polar surface area (TPSA) is 135 Å². The first-order valence-corrected chi connectivity index (χ1v) is 7.67. The van der Waals surface area contributed by atoms with Gasteiger partial charge in [-0.3, -0.25) is 24.8 Å². The molecule has 0 amide bonds. The van der Waals surface area contributed by atoms with E-state index in [9.17, 15) is 24.8 Å². The zero-order valence-corrected chi connectivity index (χ0v) is 14.0. The number of benzene rings is 2. The van der Waals surface area contributed by atoms with E-state index in [0.29, 0.717) is 5.75 Å². The summed E-state index contributed by atoms with van der Waals surface area (Å²) in [5, 5.41) is 27.0. The Kier molecular flexibility index (Phi) is 4.67. The molecule has 0 aliphatic heterocycles. The van der Waals surface area contributed by atoms with Crippen LogP contribution in [-0.2, 0) is 0 Å². The van der Waals surface area contributed by atoms with Crippen molar-refractivity contribution in [2.24, 2.45) is 0 Å². The Bertz CT molecular complexity index is 1020. The number of non-ortho nitro benzene ring substituents is 1. The van der Waals surface area contributed by atoms with Gasteiger partial charge in [0.05, 0.1) is 12.0 Å². The molecule has 0 aliphatic carbocycles. The van der Waals surface area contributed by atoms with Crippen LogP contribution in [0.15, 0.2) is 48.5 Å². The lowest BCUT2D eigenvalue weighted by Crippen LogP contribution is -2.04. The van der Waals surface area contributed by atoms with E-state index in [2.05, 4.69) is 10.2 Å². The highest BCUT2D eigenvalue weighted by atomic mass is 16.6. The molecule has 0 fully saturated rings. The lowest BCUT2D eigenvalue weighted by Gasteiger charge is -2.02. The van der Waals surface area contributed by atoms with Gasteiger partial charge in [0.1, 0.15) is 11.4 Å². The van der Waals surface area contributed by atoms with E-state index in [1.807, 2.05) is 0 Å². The van der Waals surface area contributed by atoms with Crippen LogP contribution in [0.25, 0.3) is 0 Å². The Morgan fingerprint density at radius 3 is 2.15 bits per heavy atom. The normalized spacial score (nSPS) is 10.4. The van der Waals surface area contributed by atoms with Gasteiger partial charge in [-0.25, -0.2) is 0 Å². The number of aromatic amines is 1. The van der Waals surface area contributed by atoms with Crippen molar-refractivity contribution >= 4 is 17.3 Å². The quantitative estimate of drug-likeness (QED) is 0.388. The van der Waals surface area contributed by atoms with Gasteiger partial charge in [-0.1, -0.05) is 0 Å². The smallest absolute Gasteiger partial charge is 0.269 e. The van der Waals surface area contributed by atoms with Gasteiger partial charge in [-0.15, -0.1) is 0 Å². The minimum absolute atomic E-state index is 0.0887. The van der Waals surface area contributed by atoms with E-state index in [0.717, 1.165) is 0 Å². The Labute approximate surface area is 152 Å². The van der Waals surface area contributed by atoms with Gasteiger partial charge >= 0.3 is 0 Å². The molecule has 0 bridgehead atoms. The van der Waals surface area contributed by atoms with E-state index >= 15 is 0 Å². The summed E-state index contributed by atoms with van der Waals surface area (Å²) in [7, 11) is 1.49. The number of methoxy groups -OCH3 is 1. The number of hydrogen-bond acceptors (Lipinski definition) is 7. The second-order valence-corrected chi connectivity index (χ2v) is 5.49. The van der Waals surface area contributed by atoms with Crippen molar-refractivity contribution in [1.82, 2.24) is 10.2 Å². The maximum atomic E-state index is 12.5. The zero-order chi connectivity index (χ0) is 19.6. The van der Waals surface area contributed by atoms with Crippen LogP contribution in [0.3, 0.4) is 0 Å². The van der Waals surface area contributed by atoms with Crippen molar-refractivity contribution in [3.05, 3.63) is 81.2 Å². The SMILES string of the molecule is COc1ccc(C(=O)c2[nH]nc(C(=O)c3ccc([N+](=O)[O-])cc3)c2O)cc1. The molecule has 2 aromatic carbocycles. The largest absolute Gasteiger partial charge is 0.504 e. The number of nitro benzene ring substituents is 1. The molecular weight excluding hydrogens is 354 g/mol. The van der Waals surface area contributed by atoms with E-state index in [-0.39, 0.29) is 28.2 Å². The van der Waals surface area contributed by atoms with Gasteiger partial charge < -0.3 is 9.84 Å². The number of carbonyl (C=O) groups is 2. The molecule has 0 saturated heterocycles. The fraction of sp³-hybridized carbons (Fsp3) is 0.0556. The summed E-state index contributed by atoms with van der Waals surface area (Å²) in [4.78, 5) is 35.1. The Hall–Kier alpha value is -4.01. The molecule has 3 rings (SSSR count). The average Bonchev–Trinajstić information content (AvgIpc) is 3.08. The molecule has 0 aliphatic rings. The number of nitrogens with one attached hydrogen (secondary N) is 1. The molecule has 1 aromatic heterocycles. The number of ketones is 2. The second kappa shape index (κ2) is 7.08. The van der Waals surface area contributed by atoms with Gasteiger partial charge in [0.15, 0.2) is 11.4 Å². The fourth-order valence-electron chi connectivity index (χ4n) is 2.41. The van der Waals surface area contributed by atoms with Crippen LogP contribution in [0, 0.1) is 10.1 Å². The van der Waals surface area contributed by atoms with Crippen molar-refractivity contribution in [2.75, 3.05) is 7.11 Å². The number of aromatic nitrogens is 2. The molecular formula is C18H13N3O6. The van der Waals surface area contributed by atoms with Crippen molar-refractivity contribution in [3.63, 3.8) is 0 Å². The lowest BCUT2D eigenvalue weighted by atomic mass is 10.0. The van der Waals surface area contributed by atoms with Gasteiger partial charge in [0, 0.05) is 23.3 Å². The minimum atomic E-state index is -0.674. The monoisotopic (exact) mass is 367 g/mol. The van der Waals surface area contributed by atoms with Crippen LogP contribution in [0.2, 0.25) is 0 Å². The van der Waals surface area contributed by atoms with Crippen LogP contribution in [0.1, 0.15) is 32.1 Å². The summed E-state index contributed by atoms with van der Waals surface area (Å²) in [6.07, 6.45) is 0. The third-order valence-electron chi connectivity index (χ3n) is 3.88. The first-order chi connectivity index (χ1) is 12.9. The summed E-state index contributed by atoms with van der Waals surface area (Å²) in [5.41, 5.74) is -0.394. The predicted octanol–water partition coefficient (Wildman–Crippen LogP) is 2.49. The van der Waals surface area contributed by atoms with E-state index < -0.39 is 22.2 Å². The second-order valence-electron chi connectivity index (χ2n) is 5.49. The highest BCUT2D eigenvalue weighted by Gasteiger charge is 2.25. The molecule has 0 spiro atoms. The molecule has 0 atom stereocenters. The van der Waals surface area contributed by atoms with Gasteiger partial charge in [-0.2, -0.15) is 5.10 Å². The molecule has 1 heterocycles. The maximum absolute atomic E-state index is 12.5. The standard InChI is InChI=1S/C18H13N3O6/c1-27-13-8-4-11(5-9-13)17(23)15-18(24)14(19-20-15)16(22)10-2-6-12(7-3-10)21(25)26/h2-9,24H,1H3,(H,19,20). The molecule has 27 heavy (non-hydrogen) atoms. The van der Waals surface area contributed by atoms with Crippen LogP contribution in [0.4, 0.5) is 5.69 Å². The molecule has 0 radical (unpaired) electrons. The Morgan fingerprint density at radius 1 is 1.04 bits per heavy atom. The summed E-state index contributed by atoms with van der Waals surface area (Å²) in [6, 6.07) is 11.0. The molecule has 9 nitrogen and oxygen atoms in total. The number of nitro groups is 1. The number of carbonyl (C=O) groups excluding carboxylic acids is 2. The molecule has 136 valence electrons. The minimum Gasteiger partial charge on any atom is -0.504 e. The first-order valence-electron chi connectivity index (χ1n) is 7.67. The van der Waals surface area contributed by atoms with E-state index in [1.54, 1.807) is 12.1 Å². The molecule has 0 unspecified atom stereocenters. The summed E-state index contributed by atoms with van der Waals surface area (Å²) in [5.74, 6) is -1.24. The number of H-pyrrole nitrogens is 1. The molecule has 3 aromatic rings. The predicted molar refractivity (Wildman–Crippen MR) is 93.2 cm³/mol. The van der Waals surface area contributed by atoms with E-state index in [4.69, 9.17) is 4.74 Å². The van der Waals surface area contributed by atoms with Gasteiger partial charge in [0.2, 0.25) is 11.6 Å². The van der Waals surface area contributed by atoms with Crippen LogP contribution < -0.4 is 4.74 Å². The van der Waals surface area contributed by atoms with Gasteiger partial charge in [0.25, 0.3) is 5.69 Å². The number of rotatable bonds is 6. The van der Waals surface area contributed by atoms with Crippen molar-refractivity contribution in [3.8, 4) is 11.5 Å². The van der Waals surface area contributed by atoms with Crippen molar-refractivity contribution in [1.29, 1.82) is 0 Å². The number of ether oxygens (including phenoxy) is 1. The number of hydrogen-bond donors (Lipinski definition) is 2. The Morgan fingerprint density at radius 2 is 1.59 bits per heavy atom. The number of aromatic hydroxyl groups is 1. The average molecular weight is 367 g/mol. The number of nitrogens with zero attached hydrogens (tertiary/aromatic N) is 2. The van der Waals surface area contributed by atoms with Crippen LogP contribution in [-0.4, -0.2) is 38.9 Å². The van der Waals surface area contributed by atoms with Crippen LogP contribution >= 0.6 is 0 Å². The first kappa shape index (κ1) is 17.8. The highest BCUT2D eigenvalue weighted by molar-refractivity contribution is 6.14. The summed E-state index contributed by atoms with van der Waals surface area (Å²) >= 11 is 0.